The number of fused-ring (bicyclic) bond motifs is 1. The van der Waals surface area contributed by atoms with Crippen LogP contribution in [0.5, 0.6) is 5.75 Å². The summed E-state index contributed by atoms with van der Waals surface area (Å²) in [6, 6.07) is 13.4. The van der Waals surface area contributed by atoms with Gasteiger partial charge in [0.25, 0.3) is 15.9 Å². The Kier molecular flexibility index (Phi) is 6.37. The molecule has 0 radical (unpaired) electrons. The number of amides is 1. The van der Waals surface area contributed by atoms with Gasteiger partial charge in [-0.05, 0) is 56.3 Å². The average molecular weight is 483 g/mol. The number of hydrogen-bond acceptors (Lipinski definition) is 7. The van der Waals surface area contributed by atoms with Crippen LogP contribution in [0.15, 0.2) is 68.8 Å². The lowest BCUT2D eigenvalue weighted by molar-refractivity contribution is 0.0951. The molecule has 11 heteroatoms. The van der Waals surface area contributed by atoms with Gasteiger partial charge in [0.15, 0.2) is 0 Å². The van der Waals surface area contributed by atoms with Crippen molar-refractivity contribution < 1.29 is 22.5 Å². The fourth-order valence-corrected chi connectivity index (χ4v) is 4.44. The molecule has 10 nitrogen and oxygen atoms in total. The molecule has 4 rings (SSSR count). The molecule has 0 aliphatic carbocycles. The Labute approximate surface area is 195 Å². The van der Waals surface area contributed by atoms with Gasteiger partial charge in [0.05, 0.1) is 23.6 Å². The summed E-state index contributed by atoms with van der Waals surface area (Å²) >= 11 is 0. The first-order valence-corrected chi connectivity index (χ1v) is 11.9. The van der Waals surface area contributed by atoms with Gasteiger partial charge in [-0.1, -0.05) is 5.16 Å². The minimum Gasteiger partial charge on any atom is -0.494 e. The van der Waals surface area contributed by atoms with Crippen LogP contribution in [0.3, 0.4) is 0 Å². The van der Waals surface area contributed by atoms with Crippen LogP contribution < -0.4 is 20.3 Å². The highest BCUT2D eigenvalue weighted by Gasteiger charge is 2.19. The number of anilines is 1. The molecule has 0 saturated heterocycles. The second-order valence-corrected chi connectivity index (χ2v) is 9.11. The normalized spacial score (nSPS) is 11.4. The number of carbonyl (C=O) groups is 1. The highest BCUT2D eigenvalue weighted by molar-refractivity contribution is 7.92. The van der Waals surface area contributed by atoms with E-state index in [0.29, 0.717) is 35.0 Å². The molecule has 0 aliphatic rings. The van der Waals surface area contributed by atoms with Gasteiger partial charge in [0.1, 0.15) is 17.2 Å². The predicted molar refractivity (Wildman–Crippen MR) is 125 cm³/mol. The first-order valence-electron chi connectivity index (χ1n) is 10.4. The minimum absolute atomic E-state index is 0.0390. The molecule has 0 unspecified atom stereocenters. The zero-order chi connectivity index (χ0) is 24.3. The van der Waals surface area contributed by atoms with E-state index in [1.807, 2.05) is 6.92 Å². The van der Waals surface area contributed by atoms with E-state index in [1.54, 1.807) is 37.3 Å². The summed E-state index contributed by atoms with van der Waals surface area (Å²) in [5, 5.41) is 6.76. The van der Waals surface area contributed by atoms with Gasteiger partial charge >= 0.3 is 0 Å². The summed E-state index contributed by atoms with van der Waals surface area (Å²) in [5.74, 6) is 0.669. The van der Waals surface area contributed by atoms with Crippen molar-refractivity contribution in [2.24, 2.45) is 0 Å². The van der Waals surface area contributed by atoms with Gasteiger partial charge < -0.3 is 19.6 Å². The second kappa shape index (κ2) is 9.40. The maximum absolute atomic E-state index is 13.0. The number of H-pyrrole nitrogens is 1. The van der Waals surface area contributed by atoms with Crippen LogP contribution in [-0.2, 0) is 16.6 Å². The maximum atomic E-state index is 13.0. The predicted octanol–water partition coefficient (Wildman–Crippen LogP) is 2.95. The molecule has 3 N–H and O–H groups in total. The van der Waals surface area contributed by atoms with Gasteiger partial charge in [0.2, 0.25) is 5.56 Å². The fraction of sp³-hybridized carbons (Fsp3) is 0.174. The maximum Gasteiger partial charge on any atom is 0.261 e. The van der Waals surface area contributed by atoms with Crippen molar-refractivity contribution in [1.29, 1.82) is 0 Å². The number of sulfonamides is 1. The van der Waals surface area contributed by atoms with Gasteiger partial charge in [-0.3, -0.25) is 14.3 Å². The molecule has 2 heterocycles. The van der Waals surface area contributed by atoms with Gasteiger partial charge in [-0.2, -0.15) is 0 Å². The van der Waals surface area contributed by atoms with E-state index in [1.165, 1.54) is 18.2 Å². The van der Waals surface area contributed by atoms with Crippen LogP contribution in [-0.4, -0.2) is 31.1 Å². The summed E-state index contributed by atoms with van der Waals surface area (Å²) in [7, 11) is -3.97. The number of ether oxygens (including phenoxy) is 1. The molecule has 0 spiro atoms. The van der Waals surface area contributed by atoms with E-state index in [9.17, 15) is 18.0 Å². The van der Waals surface area contributed by atoms with E-state index in [4.69, 9.17) is 9.26 Å². The van der Waals surface area contributed by atoms with Crippen LogP contribution in [0, 0.1) is 6.92 Å². The minimum atomic E-state index is -3.97. The first kappa shape index (κ1) is 23.1. The van der Waals surface area contributed by atoms with E-state index in [2.05, 4.69) is 20.2 Å². The van der Waals surface area contributed by atoms with E-state index < -0.39 is 21.5 Å². The zero-order valence-electron chi connectivity index (χ0n) is 18.4. The number of aromatic nitrogens is 2. The third-order valence-corrected chi connectivity index (χ3v) is 6.27. The van der Waals surface area contributed by atoms with Crippen LogP contribution >= 0.6 is 0 Å². The first-order chi connectivity index (χ1) is 16.2. The third kappa shape index (κ3) is 5.09. The number of nitrogens with zero attached hydrogens (tertiary/aromatic N) is 1. The molecule has 0 aliphatic heterocycles. The Hall–Kier alpha value is -4.12. The summed E-state index contributed by atoms with van der Waals surface area (Å²) in [5.41, 5.74) is 0.749. The van der Waals surface area contributed by atoms with Crippen molar-refractivity contribution in [2.75, 3.05) is 11.3 Å². The van der Waals surface area contributed by atoms with Crippen molar-refractivity contribution >= 4 is 32.5 Å². The second-order valence-electron chi connectivity index (χ2n) is 7.43. The van der Waals surface area contributed by atoms with Crippen molar-refractivity contribution in [3.63, 3.8) is 0 Å². The quantitative estimate of drug-likeness (QED) is 0.350. The molecule has 2 aromatic heterocycles. The highest BCUT2D eigenvalue weighted by atomic mass is 32.2. The standard InChI is InChI=1S/C23H22N4O6S/c1-3-32-17-6-4-15(5-7-17)27-34(30,31)18-8-9-21-19(11-18)20(12-22(28)25-21)23(29)24-13-16-10-14(2)33-26-16/h4-12,27H,3,13H2,1-2H3,(H,24,29)(H,25,28). The summed E-state index contributed by atoms with van der Waals surface area (Å²) in [6.07, 6.45) is 0. The number of aryl methyl sites for hydroxylation is 1. The topological polar surface area (TPSA) is 143 Å². The molecule has 0 bridgehead atoms. The molecule has 34 heavy (non-hydrogen) atoms. The lowest BCUT2D eigenvalue weighted by atomic mass is 10.1. The smallest absolute Gasteiger partial charge is 0.261 e. The fourth-order valence-electron chi connectivity index (χ4n) is 3.36. The molecule has 0 fully saturated rings. The van der Waals surface area contributed by atoms with Crippen molar-refractivity contribution in [2.45, 2.75) is 25.3 Å². The summed E-state index contributed by atoms with van der Waals surface area (Å²) in [6.45, 7) is 4.17. The van der Waals surface area contributed by atoms with Crippen molar-refractivity contribution in [3.8, 4) is 5.75 Å². The van der Waals surface area contributed by atoms with Gasteiger partial charge in [-0.25, -0.2) is 8.42 Å². The molecular formula is C23H22N4O6S. The lowest BCUT2D eigenvalue weighted by Gasteiger charge is -2.11. The molecule has 2 aromatic carbocycles. The Balaban J connectivity index is 1.63. The third-order valence-electron chi connectivity index (χ3n) is 4.89. The van der Waals surface area contributed by atoms with Crippen LogP contribution in [0.4, 0.5) is 5.69 Å². The van der Waals surface area contributed by atoms with Gasteiger partial charge in [0, 0.05) is 28.7 Å². The monoisotopic (exact) mass is 482 g/mol. The summed E-state index contributed by atoms with van der Waals surface area (Å²) < 4.78 is 38.8. The SMILES string of the molecule is CCOc1ccc(NS(=O)(=O)c2ccc3[nH]c(=O)cc(C(=O)NCc4cc(C)on4)c3c2)cc1. The van der Waals surface area contributed by atoms with Crippen LogP contribution in [0.1, 0.15) is 28.7 Å². The Bertz CT molecular complexity index is 1510. The lowest BCUT2D eigenvalue weighted by Crippen LogP contribution is -2.25. The molecule has 1 amide bonds. The number of nitrogens with one attached hydrogen (secondary N) is 3. The Morgan fingerprint density at radius 2 is 1.88 bits per heavy atom. The Morgan fingerprint density at radius 1 is 1.12 bits per heavy atom. The molecule has 0 atom stereocenters. The molecule has 176 valence electrons. The largest absolute Gasteiger partial charge is 0.494 e. The number of pyridine rings is 1. The van der Waals surface area contributed by atoms with Gasteiger partial charge in [-0.15, -0.1) is 0 Å². The number of hydrogen-bond donors (Lipinski definition) is 3. The van der Waals surface area contributed by atoms with E-state index in [0.717, 1.165) is 6.07 Å². The summed E-state index contributed by atoms with van der Waals surface area (Å²) in [4.78, 5) is 27.5. The number of rotatable bonds is 8. The highest BCUT2D eigenvalue weighted by Crippen LogP contribution is 2.23. The molecule has 0 saturated carbocycles. The number of carbonyl (C=O) groups excluding carboxylic acids is 1. The zero-order valence-corrected chi connectivity index (χ0v) is 19.2. The van der Waals surface area contributed by atoms with E-state index in [-0.39, 0.29) is 22.4 Å². The molecular weight excluding hydrogens is 460 g/mol. The van der Waals surface area contributed by atoms with Crippen molar-refractivity contribution in [1.82, 2.24) is 15.5 Å². The average Bonchev–Trinajstić information content (AvgIpc) is 3.23. The van der Waals surface area contributed by atoms with Crippen LogP contribution in [0.25, 0.3) is 10.9 Å². The number of benzene rings is 2. The number of aromatic amines is 1. The Morgan fingerprint density at radius 3 is 2.56 bits per heavy atom. The van der Waals surface area contributed by atoms with E-state index >= 15 is 0 Å². The van der Waals surface area contributed by atoms with Crippen molar-refractivity contribution in [3.05, 3.63) is 82.0 Å². The molecule has 4 aromatic rings. The van der Waals surface area contributed by atoms with Crippen LogP contribution in [0.2, 0.25) is 0 Å².